The van der Waals surface area contributed by atoms with Crippen LogP contribution in [-0.2, 0) is 9.53 Å². The number of carbonyl (C=O) groups excluding carboxylic acids is 1. The van der Waals surface area contributed by atoms with E-state index in [1.165, 1.54) is 0 Å². The molecule has 7 heteroatoms. The first-order chi connectivity index (χ1) is 13.0. The van der Waals surface area contributed by atoms with Gasteiger partial charge < -0.3 is 14.8 Å². The van der Waals surface area contributed by atoms with Gasteiger partial charge in [0.15, 0.2) is 0 Å². The highest BCUT2D eigenvalue weighted by atomic mass is 16.5. The van der Waals surface area contributed by atoms with E-state index in [9.17, 15) is 4.79 Å². The summed E-state index contributed by atoms with van der Waals surface area (Å²) in [5.74, 6) is 0.762. The Labute approximate surface area is 160 Å². The Bertz CT molecular complexity index is 770. The Hall–Kier alpha value is -2.38. The number of morpholine rings is 1. The number of carbonyl (C=O) groups is 1. The van der Waals surface area contributed by atoms with E-state index in [2.05, 4.69) is 20.4 Å². The van der Waals surface area contributed by atoms with Gasteiger partial charge in [0.25, 0.3) is 0 Å². The minimum absolute atomic E-state index is 0.0147. The molecule has 1 saturated heterocycles. The molecule has 2 atom stereocenters. The third kappa shape index (κ3) is 4.31. The second-order valence-electron chi connectivity index (χ2n) is 6.94. The highest BCUT2D eigenvalue weighted by Crippen LogP contribution is 2.28. The van der Waals surface area contributed by atoms with Crippen molar-refractivity contribution in [2.75, 3.05) is 33.4 Å². The maximum absolute atomic E-state index is 12.7. The van der Waals surface area contributed by atoms with Crippen molar-refractivity contribution < 1.29 is 14.3 Å². The van der Waals surface area contributed by atoms with Gasteiger partial charge >= 0.3 is 0 Å². The van der Waals surface area contributed by atoms with Crippen molar-refractivity contribution in [2.45, 2.75) is 32.9 Å². The lowest BCUT2D eigenvalue weighted by atomic mass is 10.0. The minimum atomic E-state index is -0.134. The average molecular weight is 372 g/mol. The topological polar surface area (TPSA) is 79.5 Å². The predicted octanol–water partition coefficient (Wildman–Crippen LogP) is 2.29. The fraction of sp³-hybridized carbons (Fsp3) is 0.500. The van der Waals surface area contributed by atoms with Gasteiger partial charge in [-0.2, -0.15) is 5.10 Å². The van der Waals surface area contributed by atoms with Gasteiger partial charge in [0.1, 0.15) is 5.75 Å². The first-order valence-corrected chi connectivity index (χ1v) is 9.26. The number of methoxy groups -OCH3 is 1. The molecule has 2 aromatic rings. The fourth-order valence-corrected chi connectivity index (χ4v) is 3.72. The highest BCUT2D eigenvalue weighted by Gasteiger charge is 2.30. The Morgan fingerprint density at radius 1 is 1.44 bits per heavy atom. The van der Waals surface area contributed by atoms with Crippen molar-refractivity contribution in [1.82, 2.24) is 20.4 Å². The van der Waals surface area contributed by atoms with Gasteiger partial charge in [-0.25, -0.2) is 0 Å². The zero-order chi connectivity index (χ0) is 19.4. The van der Waals surface area contributed by atoms with E-state index in [-0.39, 0.29) is 18.0 Å². The molecule has 0 unspecified atom stereocenters. The summed E-state index contributed by atoms with van der Waals surface area (Å²) in [7, 11) is 1.64. The molecule has 1 aromatic carbocycles. The lowest BCUT2D eigenvalue weighted by Gasteiger charge is -2.35. The minimum Gasteiger partial charge on any atom is -0.496 e. The molecule has 27 heavy (non-hydrogen) atoms. The van der Waals surface area contributed by atoms with Gasteiger partial charge in [-0.1, -0.05) is 18.2 Å². The van der Waals surface area contributed by atoms with Crippen LogP contribution in [0.5, 0.6) is 5.75 Å². The molecule has 146 valence electrons. The fourth-order valence-electron chi connectivity index (χ4n) is 3.72. The number of amides is 1. The summed E-state index contributed by atoms with van der Waals surface area (Å²) in [5.41, 5.74) is 4.07. The molecule has 0 saturated carbocycles. The van der Waals surface area contributed by atoms with Crippen LogP contribution in [0.1, 0.15) is 41.5 Å². The monoisotopic (exact) mass is 372 g/mol. The molecule has 1 aromatic heterocycles. The Balaban J connectivity index is 1.68. The summed E-state index contributed by atoms with van der Waals surface area (Å²) >= 11 is 0. The SMILES string of the molecule is COc1ccccc1[C@@H](C)NC(=O)CN1CCOC[C@@H]1c1c(C)n[nH]c1C. The van der Waals surface area contributed by atoms with Crippen LogP contribution in [0.4, 0.5) is 0 Å². The molecule has 7 nitrogen and oxygen atoms in total. The smallest absolute Gasteiger partial charge is 0.234 e. The Kier molecular flexibility index (Phi) is 6.13. The van der Waals surface area contributed by atoms with Crippen molar-refractivity contribution in [3.05, 3.63) is 46.8 Å². The van der Waals surface area contributed by atoms with E-state index in [1.807, 2.05) is 45.0 Å². The number of aromatic nitrogens is 2. The second kappa shape index (κ2) is 8.54. The Morgan fingerprint density at radius 3 is 2.93 bits per heavy atom. The number of benzene rings is 1. The maximum Gasteiger partial charge on any atom is 0.234 e. The summed E-state index contributed by atoms with van der Waals surface area (Å²) in [4.78, 5) is 14.9. The third-order valence-electron chi connectivity index (χ3n) is 5.09. The van der Waals surface area contributed by atoms with Crippen LogP contribution in [0.25, 0.3) is 0 Å². The Morgan fingerprint density at radius 2 is 2.22 bits per heavy atom. The van der Waals surface area contributed by atoms with Crippen molar-refractivity contribution >= 4 is 5.91 Å². The van der Waals surface area contributed by atoms with E-state index in [4.69, 9.17) is 9.47 Å². The molecule has 1 amide bonds. The van der Waals surface area contributed by atoms with E-state index in [1.54, 1.807) is 7.11 Å². The summed E-state index contributed by atoms with van der Waals surface area (Å²) in [6.07, 6.45) is 0. The largest absolute Gasteiger partial charge is 0.496 e. The standard InChI is InChI=1S/C20H28N4O3/c1-13(16-7-5-6-8-18(16)26-4)21-19(25)11-24-9-10-27-12-17(24)20-14(2)22-23-15(20)3/h5-8,13,17H,9-12H2,1-4H3,(H,21,25)(H,22,23)/t13-,17-/m1/s1. The molecule has 0 bridgehead atoms. The number of rotatable bonds is 6. The molecule has 2 heterocycles. The summed E-state index contributed by atoms with van der Waals surface area (Å²) in [6, 6.07) is 7.64. The molecule has 0 aliphatic carbocycles. The first-order valence-electron chi connectivity index (χ1n) is 9.26. The molecule has 0 radical (unpaired) electrons. The van der Waals surface area contributed by atoms with Crippen LogP contribution in [0.2, 0.25) is 0 Å². The molecule has 3 rings (SSSR count). The molecule has 0 spiro atoms. The van der Waals surface area contributed by atoms with Gasteiger partial charge in [0.2, 0.25) is 5.91 Å². The molecule has 1 aliphatic heterocycles. The first kappa shape index (κ1) is 19.4. The van der Waals surface area contributed by atoms with Gasteiger partial charge in [-0.15, -0.1) is 0 Å². The molecular formula is C20H28N4O3. The number of nitrogens with one attached hydrogen (secondary N) is 2. The van der Waals surface area contributed by atoms with Crippen LogP contribution in [0.15, 0.2) is 24.3 Å². The highest BCUT2D eigenvalue weighted by molar-refractivity contribution is 5.78. The van der Waals surface area contributed by atoms with Crippen LogP contribution < -0.4 is 10.1 Å². The number of hydrogen-bond acceptors (Lipinski definition) is 5. The van der Waals surface area contributed by atoms with E-state index < -0.39 is 0 Å². The molecule has 1 aliphatic rings. The number of hydrogen-bond donors (Lipinski definition) is 2. The summed E-state index contributed by atoms with van der Waals surface area (Å²) in [5, 5.41) is 10.4. The van der Waals surface area contributed by atoms with Crippen molar-refractivity contribution in [3.63, 3.8) is 0 Å². The lowest BCUT2D eigenvalue weighted by Crippen LogP contribution is -2.45. The number of H-pyrrole nitrogens is 1. The number of aromatic amines is 1. The van der Waals surface area contributed by atoms with E-state index >= 15 is 0 Å². The van der Waals surface area contributed by atoms with Crippen molar-refractivity contribution in [1.29, 1.82) is 0 Å². The van der Waals surface area contributed by atoms with Crippen LogP contribution in [0, 0.1) is 13.8 Å². The summed E-state index contributed by atoms with van der Waals surface area (Å²) in [6.45, 7) is 8.18. The van der Waals surface area contributed by atoms with Crippen LogP contribution in [-0.4, -0.2) is 54.4 Å². The number of aryl methyl sites for hydroxylation is 2. The van der Waals surface area contributed by atoms with Crippen molar-refractivity contribution in [2.24, 2.45) is 0 Å². The van der Waals surface area contributed by atoms with E-state index in [0.29, 0.717) is 26.3 Å². The zero-order valence-corrected chi connectivity index (χ0v) is 16.4. The predicted molar refractivity (Wildman–Crippen MR) is 103 cm³/mol. The number of para-hydroxylation sites is 1. The normalized spacial score (nSPS) is 18.9. The molecular weight excluding hydrogens is 344 g/mol. The van der Waals surface area contributed by atoms with Crippen molar-refractivity contribution in [3.8, 4) is 5.75 Å². The van der Waals surface area contributed by atoms with E-state index in [0.717, 1.165) is 28.3 Å². The van der Waals surface area contributed by atoms with Crippen LogP contribution in [0.3, 0.4) is 0 Å². The molecule has 2 N–H and O–H groups in total. The lowest BCUT2D eigenvalue weighted by molar-refractivity contribution is -0.125. The van der Waals surface area contributed by atoms with Gasteiger partial charge in [0.05, 0.1) is 44.6 Å². The maximum atomic E-state index is 12.7. The second-order valence-corrected chi connectivity index (χ2v) is 6.94. The van der Waals surface area contributed by atoms with Gasteiger partial charge in [-0.3, -0.25) is 14.8 Å². The summed E-state index contributed by atoms with van der Waals surface area (Å²) < 4.78 is 11.1. The average Bonchev–Trinajstić information content (AvgIpc) is 3.00. The van der Waals surface area contributed by atoms with Gasteiger partial charge in [-0.05, 0) is 26.8 Å². The number of ether oxygens (including phenoxy) is 2. The number of nitrogens with zero attached hydrogens (tertiary/aromatic N) is 2. The zero-order valence-electron chi connectivity index (χ0n) is 16.4. The van der Waals surface area contributed by atoms with Crippen LogP contribution >= 0.6 is 0 Å². The third-order valence-corrected chi connectivity index (χ3v) is 5.09. The van der Waals surface area contributed by atoms with Gasteiger partial charge in [0, 0.05) is 23.4 Å². The molecule has 1 fully saturated rings. The quantitative estimate of drug-likeness (QED) is 0.813.